The van der Waals surface area contributed by atoms with Crippen molar-refractivity contribution >= 4 is 5.97 Å². The molecular formula is C27H27F3O4. The molecule has 0 bridgehead atoms. The van der Waals surface area contributed by atoms with Crippen molar-refractivity contribution in [3.63, 3.8) is 0 Å². The van der Waals surface area contributed by atoms with Gasteiger partial charge in [0.05, 0.1) is 12.2 Å². The fourth-order valence-electron chi connectivity index (χ4n) is 3.23. The Balaban J connectivity index is 1.89. The number of alkyl halides is 3. The zero-order valence-electron chi connectivity index (χ0n) is 19.5. The Kier molecular flexibility index (Phi) is 7.54. The van der Waals surface area contributed by atoms with Crippen LogP contribution in [-0.2, 0) is 21.1 Å². The Morgan fingerprint density at radius 2 is 1.38 bits per heavy atom. The van der Waals surface area contributed by atoms with E-state index in [-0.39, 0.29) is 24.4 Å². The number of halogens is 3. The molecule has 0 aromatic heterocycles. The monoisotopic (exact) mass is 472 g/mol. The summed E-state index contributed by atoms with van der Waals surface area (Å²) in [4.78, 5) is 11.8. The third-order valence-corrected chi connectivity index (χ3v) is 5.09. The lowest BCUT2D eigenvalue weighted by molar-refractivity contribution is -0.145. The molecule has 0 spiro atoms. The van der Waals surface area contributed by atoms with Gasteiger partial charge in [0.25, 0.3) is 0 Å². The molecule has 0 atom stereocenters. The van der Waals surface area contributed by atoms with Crippen molar-refractivity contribution in [3.8, 4) is 28.4 Å². The van der Waals surface area contributed by atoms with E-state index in [1.54, 1.807) is 25.1 Å². The predicted molar refractivity (Wildman–Crippen MR) is 124 cm³/mol. The summed E-state index contributed by atoms with van der Waals surface area (Å²) < 4.78 is 55.3. The lowest BCUT2D eigenvalue weighted by Crippen LogP contribution is -2.14. The van der Waals surface area contributed by atoms with Crippen molar-refractivity contribution in [2.45, 2.75) is 39.3 Å². The van der Waals surface area contributed by atoms with Gasteiger partial charge >= 0.3 is 12.1 Å². The first-order valence-corrected chi connectivity index (χ1v) is 10.9. The molecule has 0 aliphatic rings. The summed E-state index contributed by atoms with van der Waals surface area (Å²) >= 11 is 0. The molecule has 0 saturated carbocycles. The van der Waals surface area contributed by atoms with Gasteiger partial charge in [-0.3, -0.25) is 0 Å². The van der Waals surface area contributed by atoms with Crippen molar-refractivity contribution < 1.29 is 32.2 Å². The average Bonchev–Trinajstić information content (AvgIpc) is 2.78. The smallest absolute Gasteiger partial charge is 0.416 e. The van der Waals surface area contributed by atoms with Crippen LogP contribution in [0.3, 0.4) is 0 Å². The minimum Gasteiger partial charge on any atom is -0.478 e. The highest BCUT2D eigenvalue weighted by Gasteiger charge is 2.30. The molecule has 4 nitrogen and oxygen atoms in total. The van der Waals surface area contributed by atoms with Gasteiger partial charge in [-0.05, 0) is 65.4 Å². The quantitative estimate of drug-likeness (QED) is 0.336. The standard InChI is InChI=1S/C27H27F3O4/c1-5-32-25(31)17-33-24-16-19(18-6-9-21(10-7-18)27(28,29)30)8-15-23(24)34-22-13-11-20(12-14-22)26(2,3)4/h6-16H,5,17H2,1-4H3. The molecule has 0 unspecified atom stereocenters. The Labute approximate surface area is 197 Å². The van der Waals surface area contributed by atoms with Gasteiger partial charge in [0.1, 0.15) is 5.75 Å². The van der Waals surface area contributed by atoms with Crippen molar-refractivity contribution in [1.29, 1.82) is 0 Å². The highest BCUT2D eigenvalue weighted by molar-refractivity contribution is 5.72. The van der Waals surface area contributed by atoms with E-state index in [0.717, 1.165) is 17.7 Å². The van der Waals surface area contributed by atoms with Crippen LogP contribution in [0.15, 0.2) is 66.7 Å². The van der Waals surface area contributed by atoms with Gasteiger partial charge in [-0.1, -0.05) is 51.1 Å². The molecule has 3 aromatic carbocycles. The van der Waals surface area contributed by atoms with Crippen LogP contribution in [0.1, 0.15) is 38.8 Å². The SMILES string of the molecule is CCOC(=O)COc1cc(-c2ccc(C(F)(F)F)cc2)ccc1Oc1ccc(C(C)(C)C)cc1. The summed E-state index contributed by atoms with van der Waals surface area (Å²) in [7, 11) is 0. The van der Waals surface area contributed by atoms with Crippen LogP contribution in [-0.4, -0.2) is 19.2 Å². The normalized spacial score (nSPS) is 11.7. The van der Waals surface area contributed by atoms with Crippen molar-refractivity contribution in [2.75, 3.05) is 13.2 Å². The maximum atomic E-state index is 12.9. The number of hydrogen-bond donors (Lipinski definition) is 0. The Morgan fingerprint density at radius 1 is 0.794 bits per heavy atom. The Hall–Kier alpha value is -3.48. The lowest BCUT2D eigenvalue weighted by atomic mass is 9.87. The maximum Gasteiger partial charge on any atom is 0.416 e. The second-order valence-electron chi connectivity index (χ2n) is 8.71. The molecule has 7 heteroatoms. The molecule has 0 heterocycles. The molecule has 3 aromatic rings. The van der Waals surface area contributed by atoms with Crippen LogP contribution in [0, 0.1) is 0 Å². The molecule has 3 rings (SSSR count). The number of rotatable bonds is 7. The third kappa shape index (κ3) is 6.53. The van der Waals surface area contributed by atoms with Crippen LogP contribution in [0.25, 0.3) is 11.1 Å². The summed E-state index contributed by atoms with van der Waals surface area (Å²) in [5, 5.41) is 0. The van der Waals surface area contributed by atoms with E-state index in [1.165, 1.54) is 12.1 Å². The Morgan fingerprint density at radius 3 is 1.94 bits per heavy atom. The molecular weight excluding hydrogens is 445 g/mol. The molecule has 0 N–H and O–H groups in total. The van der Waals surface area contributed by atoms with Gasteiger partial charge in [0, 0.05) is 0 Å². The van der Waals surface area contributed by atoms with Crippen LogP contribution >= 0.6 is 0 Å². The third-order valence-electron chi connectivity index (χ3n) is 5.09. The number of benzene rings is 3. The van der Waals surface area contributed by atoms with Crippen LogP contribution in [0.2, 0.25) is 0 Å². The molecule has 0 aliphatic carbocycles. The van der Waals surface area contributed by atoms with Gasteiger partial charge in [-0.15, -0.1) is 0 Å². The second-order valence-corrected chi connectivity index (χ2v) is 8.71. The first kappa shape index (κ1) is 25.1. The Bertz CT molecular complexity index is 1110. The summed E-state index contributed by atoms with van der Waals surface area (Å²) in [5.74, 6) is 0.674. The highest BCUT2D eigenvalue weighted by atomic mass is 19.4. The first-order chi connectivity index (χ1) is 16.0. The van der Waals surface area contributed by atoms with E-state index in [9.17, 15) is 18.0 Å². The van der Waals surface area contributed by atoms with Crippen LogP contribution in [0.4, 0.5) is 13.2 Å². The molecule has 0 saturated heterocycles. The van der Waals surface area contributed by atoms with Gasteiger partial charge < -0.3 is 14.2 Å². The molecule has 0 radical (unpaired) electrons. The molecule has 0 aliphatic heterocycles. The van der Waals surface area contributed by atoms with E-state index >= 15 is 0 Å². The zero-order valence-corrected chi connectivity index (χ0v) is 19.5. The van der Waals surface area contributed by atoms with E-state index in [4.69, 9.17) is 14.2 Å². The fourth-order valence-corrected chi connectivity index (χ4v) is 3.23. The fraction of sp³-hybridized carbons (Fsp3) is 0.296. The lowest BCUT2D eigenvalue weighted by Gasteiger charge is -2.19. The van der Waals surface area contributed by atoms with E-state index in [1.807, 2.05) is 24.3 Å². The number of carbonyl (C=O) groups excluding carboxylic acids is 1. The molecule has 34 heavy (non-hydrogen) atoms. The largest absolute Gasteiger partial charge is 0.478 e. The number of ether oxygens (including phenoxy) is 3. The van der Waals surface area contributed by atoms with Crippen LogP contribution in [0.5, 0.6) is 17.2 Å². The molecule has 0 amide bonds. The second kappa shape index (κ2) is 10.2. The number of esters is 1. The number of hydrogen-bond acceptors (Lipinski definition) is 4. The van der Waals surface area contributed by atoms with Gasteiger partial charge in [0.15, 0.2) is 18.1 Å². The topological polar surface area (TPSA) is 44.8 Å². The van der Waals surface area contributed by atoms with Gasteiger partial charge in [-0.25, -0.2) is 4.79 Å². The van der Waals surface area contributed by atoms with E-state index in [0.29, 0.717) is 22.6 Å². The molecule has 180 valence electrons. The maximum absolute atomic E-state index is 12.9. The van der Waals surface area contributed by atoms with Gasteiger partial charge in [0.2, 0.25) is 0 Å². The zero-order chi connectivity index (χ0) is 24.9. The summed E-state index contributed by atoms with van der Waals surface area (Å²) in [6.07, 6.45) is -4.41. The predicted octanol–water partition coefficient (Wildman–Crippen LogP) is 7.40. The number of carbonyl (C=O) groups is 1. The minimum atomic E-state index is -4.41. The summed E-state index contributed by atoms with van der Waals surface area (Å²) in [5.41, 5.74) is 1.60. The molecule has 0 fully saturated rings. The van der Waals surface area contributed by atoms with Gasteiger partial charge in [-0.2, -0.15) is 13.2 Å². The average molecular weight is 473 g/mol. The van der Waals surface area contributed by atoms with Crippen molar-refractivity contribution in [2.24, 2.45) is 0 Å². The van der Waals surface area contributed by atoms with E-state index < -0.39 is 17.7 Å². The van der Waals surface area contributed by atoms with Crippen molar-refractivity contribution in [3.05, 3.63) is 77.9 Å². The van der Waals surface area contributed by atoms with Crippen molar-refractivity contribution in [1.82, 2.24) is 0 Å². The summed E-state index contributed by atoms with van der Waals surface area (Å²) in [6, 6.07) is 17.5. The minimum absolute atomic E-state index is 0.00421. The van der Waals surface area contributed by atoms with Crippen LogP contribution < -0.4 is 9.47 Å². The first-order valence-electron chi connectivity index (χ1n) is 10.9. The summed E-state index contributed by atoms with van der Waals surface area (Å²) in [6.45, 7) is 7.93. The van der Waals surface area contributed by atoms with E-state index in [2.05, 4.69) is 20.8 Å². The highest BCUT2D eigenvalue weighted by Crippen LogP contribution is 2.37.